The van der Waals surface area contributed by atoms with E-state index in [1.54, 1.807) is 24.5 Å². The van der Waals surface area contributed by atoms with E-state index in [0.29, 0.717) is 10.4 Å². The van der Waals surface area contributed by atoms with Crippen molar-refractivity contribution in [3.8, 4) is 0 Å². The number of pyridine rings is 1. The van der Waals surface area contributed by atoms with Gasteiger partial charge in [-0.3, -0.25) is 4.98 Å². The quantitative estimate of drug-likeness (QED) is 0.813. The fraction of sp³-hybridized carbons (Fsp3) is 0.111. The highest BCUT2D eigenvalue weighted by atomic mass is 32.2. The number of allylic oxidation sites excluding steroid dienone is 4. The Balaban J connectivity index is 1.97. The lowest BCUT2D eigenvalue weighted by atomic mass is 9.88. The maximum atomic E-state index is 14.1. The molecule has 0 radical (unpaired) electrons. The van der Waals surface area contributed by atoms with Gasteiger partial charge in [-0.15, -0.1) is 0 Å². The van der Waals surface area contributed by atoms with Gasteiger partial charge in [0, 0.05) is 23.2 Å². The SMILES string of the molecule is Cc1cncc(C2C=CC(c3cc(F)c(S(N)(=O)=O)c(F)c3)=CC2=S)c1. The van der Waals surface area contributed by atoms with Crippen LogP contribution in [0.2, 0.25) is 0 Å². The lowest BCUT2D eigenvalue weighted by molar-refractivity contribution is 0.519. The van der Waals surface area contributed by atoms with Gasteiger partial charge in [-0.2, -0.15) is 0 Å². The zero-order chi connectivity index (χ0) is 19.1. The Bertz CT molecular complexity index is 1050. The van der Waals surface area contributed by atoms with E-state index in [2.05, 4.69) is 4.98 Å². The minimum Gasteiger partial charge on any atom is -0.264 e. The van der Waals surface area contributed by atoms with Gasteiger partial charge in [-0.05, 0) is 47.4 Å². The smallest absolute Gasteiger partial charge is 0.243 e. The molecule has 0 saturated carbocycles. The molecule has 1 aliphatic carbocycles. The van der Waals surface area contributed by atoms with Crippen LogP contribution in [0.15, 0.2) is 53.7 Å². The predicted molar refractivity (Wildman–Crippen MR) is 99.2 cm³/mol. The van der Waals surface area contributed by atoms with Crippen LogP contribution >= 0.6 is 12.2 Å². The summed E-state index contributed by atoms with van der Waals surface area (Å²) < 4.78 is 50.7. The highest BCUT2D eigenvalue weighted by Gasteiger charge is 2.23. The third-order valence-electron chi connectivity index (χ3n) is 3.94. The topological polar surface area (TPSA) is 73.0 Å². The number of benzene rings is 1. The van der Waals surface area contributed by atoms with Crippen molar-refractivity contribution in [2.75, 3.05) is 0 Å². The molecular weight excluding hydrogens is 378 g/mol. The number of nitrogens with zero attached hydrogens (tertiary/aromatic N) is 1. The van der Waals surface area contributed by atoms with Crippen LogP contribution in [-0.4, -0.2) is 18.3 Å². The van der Waals surface area contributed by atoms with Crippen molar-refractivity contribution in [2.45, 2.75) is 17.7 Å². The zero-order valence-corrected chi connectivity index (χ0v) is 15.2. The number of sulfonamides is 1. The first-order valence-electron chi connectivity index (χ1n) is 7.54. The summed E-state index contributed by atoms with van der Waals surface area (Å²) in [6.07, 6.45) is 8.59. The highest BCUT2D eigenvalue weighted by Crippen LogP contribution is 2.31. The van der Waals surface area contributed by atoms with E-state index in [1.165, 1.54) is 0 Å². The number of hydrogen-bond acceptors (Lipinski definition) is 4. The van der Waals surface area contributed by atoms with Crippen molar-refractivity contribution < 1.29 is 17.2 Å². The lowest BCUT2D eigenvalue weighted by Gasteiger charge is -2.18. The number of nitrogens with two attached hydrogens (primary N) is 1. The van der Waals surface area contributed by atoms with E-state index in [0.717, 1.165) is 23.3 Å². The second kappa shape index (κ2) is 6.79. The Labute approximate surface area is 155 Å². The van der Waals surface area contributed by atoms with E-state index in [9.17, 15) is 17.2 Å². The van der Waals surface area contributed by atoms with Gasteiger partial charge < -0.3 is 0 Å². The monoisotopic (exact) mass is 392 g/mol. The Kier molecular flexibility index (Phi) is 4.83. The molecule has 1 atom stereocenters. The average molecular weight is 392 g/mol. The molecule has 4 nitrogen and oxygen atoms in total. The lowest BCUT2D eigenvalue weighted by Crippen LogP contribution is -2.16. The summed E-state index contributed by atoms with van der Waals surface area (Å²) in [5.41, 5.74) is 2.57. The number of primary sulfonamides is 1. The second-order valence-corrected chi connectivity index (χ2v) is 7.92. The average Bonchev–Trinajstić information content (AvgIpc) is 2.52. The summed E-state index contributed by atoms with van der Waals surface area (Å²) in [6, 6.07) is 3.82. The fourth-order valence-electron chi connectivity index (χ4n) is 2.79. The molecule has 0 amide bonds. The number of thiocarbonyl (C=S) groups is 1. The number of rotatable bonds is 3. The largest absolute Gasteiger partial charge is 0.264 e. The number of hydrogen-bond donors (Lipinski definition) is 1. The van der Waals surface area contributed by atoms with Crippen LogP contribution in [0.1, 0.15) is 22.6 Å². The van der Waals surface area contributed by atoms with E-state index >= 15 is 0 Å². The molecule has 0 fully saturated rings. The predicted octanol–water partition coefficient (Wildman–Crippen LogP) is 3.42. The molecule has 8 heteroatoms. The van der Waals surface area contributed by atoms with E-state index < -0.39 is 26.6 Å². The van der Waals surface area contributed by atoms with Crippen LogP contribution in [0, 0.1) is 18.6 Å². The Morgan fingerprint density at radius 3 is 2.35 bits per heavy atom. The molecule has 26 heavy (non-hydrogen) atoms. The first-order chi connectivity index (χ1) is 12.2. The van der Waals surface area contributed by atoms with Gasteiger partial charge in [-0.25, -0.2) is 22.3 Å². The van der Waals surface area contributed by atoms with Crippen molar-refractivity contribution in [3.05, 3.63) is 77.1 Å². The third-order valence-corrected chi connectivity index (χ3v) is 5.27. The van der Waals surface area contributed by atoms with Gasteiger partial charge >= 0.3 is 0 Å². The molecular formula is C18H14F2N2O2S2. The van der Waals surface area contributed by atoms with E-state index in [1.807, 2.05) is 19.1 Å². The molecule has 2 aromatic rings. The summed E-state index contributed by atoms with van der Waals surface area (Å²) >= 11 is 5.42. The third kappa shape index (κ3) is 3.62. The zero-order valence-electron chi connectivity index (χ0n) is 13.6. The molecule has 1 heterocycles. The van der Waals surface area contributed by atoms with Crippen molar-refractivity contribution >= 4 is 32.7 Å². The van der Waals surface area contributed by atoms with Crippen LogP contribution in [0.3, 0.4) is 0 Å². The molecule has 0 spiro atoms. The molecule has 1 aromatic heterocycles. The molecule has 0 saturated heterocycles. The van der Waals surface area contributed by atoms with Crippen LogP contribution in [0.25, 0.3) is 5.57 Å². The van der Waals surface area contributed by atoms with Crippen molar-refractivity contribution in [1.82, 2.24) is 4.98 Å². The van der Waals surface area contributed by atoms with Gasteiger partial charge in [-0.1, -0.05) is 30.4 Å². The molecule has 1 unspecified atom stereocenters. The normalized spacial score (nSPS) is 17.3. The summed E-state index contributed by atoms with van der Waals surface area (Å²) in [5.74, 6) is -2.65. The van der Waals surface area contributed by atoms with Gasteiger partial charge in [0.15, 0.2) is 4.90 Å². The molecule has 0 bridgehead atoms. The minimum atomic E-state index is -4.49. The van der Waals surface area contributed by atoms with Gasteiger partial charge in [0.2, 0.25) is 10.0 Å². The van der Waals surface area contributed by atoms with Gasteiger partial charge in [0.25, 0.3) is 0 Å². The van der Waals surface area contributed by atoms with Crippen molar-refractivity contribution in [1.29, 1.82) is 0 Å². The van der Waals surface area contributed by atoms with Gasteiger partial charge in [0.05, 0.1) is 0 Å². The minimum absolute atomic E-state index is 0.167. The van der Waals surface area contributed by atoms with Gasteiger partial charge in [0.1, 0.15) is 11.6 Å². The van der Waals surface area contributed by atoms with E-state index in [4.69, 9.17) is 17.4 Å². The summed E-state index contributed by atoms with van der Waals surface area (Å²) in [4.78, 5) is 3.56. The van der Waals surface area contributed by atoms with Crippen LogP contribution in [0.4, 0.5) is 8.78 Å². The van der Waals surface area contributed by atoms with E-state index in [-0.39, 0.29) is 11.5 Å². The molecule has 1 aliphatic rings. The maximum absolute atomic E-state index is 14.1. The molecule has 1 aromatic carbocycles. The van der Waals surface area contributed by atoms with Crippen LogP contribution in [0.5, 0.6) is 0 Å². The molecule has 134 valence electrons. The standard InChI is InChI=1S/C18H14F2N2O2S2/c1-10-4-13(9-22-8-10)14-3-2-11(7-17(14)25)12-5-15(19)18(16(20)6-12)26(21,23)24/h2-9,14H,1H3,(H2,21,23,24). The fourth-order valence-corrected chi connectivity index (χ4v) is 3.79. The van der Waals surface area contributed by atoms with Crippen molar-refractivity contribution in [2.24, 2.45) is 5.14 Å². The first-order valence-corrected chi connectivity index (χ1v) is 9.50. The molecule has 2 N–H and O–H groups in total. The number of aromatic nitrogens is 1. The second-order valence-electron chi connectivity index (χ2n) is 5.95. The van der Waals surface area contributed by atoms with Crippen LogP contribution < -0.4 is 5.14 Å². The maximum Gasteiger partial charge on any atom is 0.243 e. The Morgan fingerprint density at radius 2 is 1.81 bits per heavy atom. The first kappa shape index (κ1) is 18.5. The summed E-state index contributed by atoms with van der Waals surface area (Å²) in [5, 5.41) is 4.84. The number of aryl methyl sites for hydroxylation is 1. The molecule has 0 aliphatic heterocycles. The number of halogens is 2. The molecule has 3 rings (SSSR count). The summed E-state index contributed by atoms with van der Waals surface area (Å²) in [7, 11) is -4.49. The van der Waals surface area contributed by atoms with Crippen LogP contribution in [-0.2, 0) is 10.0 Å². The highest BCUT2D eigenvalue weighted by molar-refractivity contribution is 7.89. The Hall–Kier alpha value is -2.29. The Morgan fingerprint density at radius 1 is 1.15 bits per heavy atom. The summed E-state index contributed by atoms with van der Waals surface area (Å²) in [6.45, 7) is 1.92. The van der Waals surface area contributed by atoms with Crippen molar-refractivity contribution in [3.63, 3.8) is 0 Å².